The van der Waals surface area contributed by atoms with Gasteiger partial charge in [-0.15, -0.1) is 0 Å². The van der Waals surface area contributed by atoms with Crippen LogP contribution in [0.4, 0.5) is 0 Å². The molecule has 1 aromatic carbocycles. The minimum atomic E-state index is -0.162. The minimum absolute atomic E-state index is 0.162. The van der Waals surface area contributed by atoms with Gasteiger partial charge < -0.3 is 9.80 Å². The Morgan fingerprint density at radius 3 is 2.48 bits per heavy atom. The molecule has 1 fully saturated rings. The number of rotatable bonds is 2. The van der Waals surface area contributed by atoms with Crippen LogP contribution in [0.3, 0.4) is 0 Å². The van der Waals surface area contributed by atoms with Crippen LogP contribution < -0.4 is 0 Å². The monoisotopic (exact) mass is 283 g/mol. The molecule has 0 unspecified atom stereocenters. The molecule has 1 heterocycles. The fourth-order valence-electron chi connectivity index (χ4n) is 2.46. The standard InChI is InChI=1S/C17H21N3O/c1-13-4-5-15(14(2)10-13)11-16(12-18)17(21)20-8-6-19(3)7-9-20/h4-5,10-11H,6-9H2,1-3H3/b16-11+. The number of piperazine rings is 1. The first-order chi connectivity index (χ1) is 10.0. The predicted octanol–water partition coefficient (Wildman–Crippen LogP) is 1.98. The van der Waals surface area contributed by atoms with Crippen LogP contribution in [-0.2, 0) is 4.79 Å². The van der Waals surface area contributed by atoms with E-state index in [0.717, 1.165) is 24.2 Å². The van der Waals surface area contributed by atoms with Crippen molar-refractivity contribution in [3.8, 4) is 6.07 Å². The highest BCUT2D eigenvalue weighted by molar-refractivity contribution is 6.01. The maximum absolute atomic E-state index is 12.4. The molecule has 4 heteroatoms. The van der Waals surface area contributed by atoms with E-state index in [0.29, 0.717) is 13.1 Å². The SMILES string of the molecule is Cc1ccc(/C=C(\C#N)C(=O)N2CCN(C)CC2)c(C)c1. The number of amides is 1. The van der Waals surface area contributed by atoms with E-state index in [1.807, 2.05) is 33.0 Å². The zero-order valence-corrected chi connectivity index (χ0v) is 12.9. The highest BCUT2D eigenvalue weighted by atomic mass is 16.2. The molecule has 0 bridgehead atoms. The van der Waals surface area contributed by atoms with Gasteiger partial charge in [-0.1, -0.05) is 23.8 Å². The van der Waals surface area contributed by atoms with Crippen molar-refractivity contribution in [3.05, 3.63) is 40.5 Å². The smallest absolute Gasteiger partial charge is 0.264 e. The molecule has 1 aliphatic heterocycles. The number of hydrogen-bond acceptors (Lipinski definition) is 3. The first-order valence-corrected chi connectivity index (χ1v) is 7.18. The van der Waals surface area contributed by atoms with Gasteiger partial charge in [0.25, 0.3) is 5.91 Å². The van der Waals surface area contributed by atoms with Crippen molar-refractivity contribution in [3.63, 3.8) is 0 Å². The van der Waals surface area contributed by atoms with Crippen LogP contribution in [0.2, 0.25) is 0 Å². The molecule has 21 heavy (non-hydrogen) atoms. The summed E-state index contributed by atoms with van der Waals surface area (Å²) >= 11 is 0. The second-order valence-electron chi connectivity index (χ2n) is 5.63. The van der Waals surface area contributed by atoms with E-state index < -0.39 is 0 Å². The molecule has 2 rings (SSSR count). The van der Waals surface area contributed by atoms with Crippen molar-refractivity contribution >= 4 is 12.0 Å². The second-order valence-corrected chi connectivity index (χ2v) is 5.63. The quantitative estimate of drug-likeness (QED) is 0.616. The Kier molecular flexibility index (Phi) is 4.77. The third kappa shape index (κ3) is 3.71. The van der Waals surface area contributed by atoms with E-state index in [4.69, 9.17) is 0 Å². The molecule has 0 spiro atoms. The first kappa shape index (κ1) is 15.3. The zero-order valence-electron chi connectivity index (χ0n) is 12.9. The summed E-state index contributed by atoms with van der Waals surface area (Å²) in [5.41, 5.74) is 3.40. The van der Waals surface area contributed by atoms with Gasteiger partial charge in [0.15, 0.2) is 0 Å². The molecule has 0 aromatic heterocycles. The molecule has 0 aliphatic carbocycles. The van der Waals surface area contributed by atoms with Gasteiger partial charge >= 0.3 is 0 Å². The summed E-state index contributed by atoms with van der Waals surface area (Å²) < 4.78 is 0. The van der Waals surface area contributed by atoms with Crippen molar-refractivity contribution in [2.24, 2.45) is 0 Å². The zero-order chi connectivity index (χ0) is 15.4. The Morgan fingerprint density at radius 2 is 1.90 bits per heavy atom. The average Bonchev–Trinajstić information content (AvgIpc) is 2.47. The highest BCUT2D eigenvalue weighted by Crippen LogP contribution is 2.16. The van der Waals surface area contributed by atoms with Crippen molar-refractivity contribution in [1.82, 2.24) is 9.80 Å². The molecule has 1 amide bonds. The van der Waals surface area contributed by atoms with Gasteiger partial charge in [-0.2, -0.15) is 5.26 Å². The van der Waals surface area contributed by atoms with E-state index in [-0.39, 0.29) is 11.5 Å². The van der Waals surface area contributed by atoms with Crippen molar-refractivity contribution in [1.29, 1.82) is 5.26 Å². The lowest BCUT2D eigenvalue weighted by atomic mass is 10.0. The maximum atomic E-state index is 12.4. The predicted molar refractivity (Wildman–Crippen MR) is 83.6 cm³/mol. The summed E-state index contributed by atoms with van der Waals surface area (Å²) in [4.78, 5) is 16.4. The number of nitriles is 1. The fourth-order valence-corrected chi connectivity index (χ4v) is 2.46. The van der Waals surface area contributed by atoms with Crippen molar-refractivity contribution in [2.75, 3.05) is 33.2 Å². The average molecular weight is 283 g/mol. The van der Waals surface area contributed by atoms with Crippen LogP contribution >= 0.6 is 0 Å². The highest BCUT2D eigenvalue weighted by Gasteiger charge is 2.22. The number of likely N-dealkylation sites (N-methyl/N-ethyl adjacent to an activating group) is 1. The fraction of sp³-hybridized carbons (Fsp3) is 0.412. The topological polar surface area (TPSA) is 47.3 Å². The maximum Gasteiger partial charge on any atom is 0.264 e. The molecule has 1 aromatic rings. The van der Waals surface area contributed by atoms with Crippen molar-refractivity contribution < 1.29 is 4.79 Å². The first-order valence-electron chi connectivity index (χ1n) is 7.18. The van der Waals surface area contributed by atoms with E-state index in [1.54, 1.807) is 11.0 Å². The summed E-state index contributed by atoms with van der Waals surface area (Å²) in [7, 11) is 2.04. The van der Waals surface area contributed by atoms with Gasteiger partial charge in [-0.05, 0) is 38.1 Å². The molecular formula is C17H21N3O. The van der Waals surface area contributed by atoms with E-state index in [1.165, 1.54) is 5.56 Å². The third-order valence-corrected chi connectivity index (χ3v) is 3.87. The van der Waals surface area contributed by atoms with Gasteiger partial charge in [0, 0.05) is 26.2 Å². The molecule has 0 radical (unpaired) electrons. The molecule has 1 saturated heterocycles. The van der Waals surface area contributed by atoms with E-state index in [2.05, 4.69) is 17.0 Å². The lowest BCUT2D eigenvalue weighted by Gasteiger charge is -2.32. The molecule has 0 saturated carbocycles. The molecule has 4 nitrogen and oxygen atoms in total. The van der Waals surface area contributed by atoms with E-state index in [9.17, 15) is 10.1 Å². The Balaban J connectivity index is 2.21. The summed E-state index contributed by atoms with van der Waals surface area (Å²) in [6, 6.07) is 8.07. The van der Waals surface area contributed by atoms with Crippen molar-refractivity contribution in [2.45, 2.75) is 13.8 Å². The number of carbonyl (C=O) groups excluding carboxylic acids is 1. The number of carbonyl (C=O) groups is 1. The van der Waals surface area contributed by atoms with Crippen LogP contribution in [0.25, 0.3) is 6.08 Å². The van der Waals surface area contributed by atoms with Gasteiger partial charge in [0.1, 0.15) is 11.6 Å². The Labute approximate surface area is 126 Å². The molecule has 110 valence electrons. The molecule has 1 aliphatic rings. The Morgan fingerprint density at radius 1 is 1.24 bits per heavy atom. The number of nitrogens with zero attached hydrogens (tertiary/aromatic N) is 3. The van der Waals surface area contributed by atoms with E-state index >= 15 is 0 Å². The van der Waals surface area contributed by atoms with Crippen LogP contribution in [-0.4, -0.2) is 48.9 Å². The molecule has 0 atom stereocenters. The Hall–Kier alpha value is -2.12. The summed E-state index contributed by atoms with van der Waals surface area (Å²) in [6.45, 7) is 7.10. The van der Waals surface area contributed by atoms with Gasteiger partial charge in [-0.25, -0.2) is 0 Å². The second kappa shape index (κ2) is 6.55. The van der Waals surface area contributed by atoms with Crippen LogP contribution in [0.1, 0.15) is 16.7 Å². The van der Waals surface area contributed by atoms with Crippen LogP contribution in [0, 0.1) is 25.2 Å². The van der Waals surface area contributed by atoms with Gasteiger partial charge in [0.05, 0.1) is 0 Å². The van der Waals surface area contributed by atoms with Gasteiger partial charge in [0.2, 0.25) is 0 Å². The lowest BCUT2D eigenvalue weighted by Crippen LogP contribution is -2.47. The Bertz CT molecular complexity index is 605. The molecule has 0 N–H and O–H groups in total. The summed E-state index contributed by atoms with van der Waals surface area (Å²) in [5.74, 6) is -0.162. The largest absolute Gasteiger partial charge is 0.335 e. The van der Waals surface area contributed by atoms with Gasteiger partial charge in [-0.3, -0.25) is 4.79 Å². The van der Waals surface area contributed by atoms with Crippen LogP contribution in [0.5, 0.6) is 0 Å². The molecular weight excluding hydrogens is 262 g/mol. The minimum Gasteiger partial charge on any atom is -0.335 e. The number of aryl methyl sites for hydroxylation is 2. The normalized spacial score (nSPS) is 16.7. The number of benzene rings is 1. The summed E-state index contributed by atoms with van der Waals surface area (Å²) in [5, 5.41) is 9.31. The summed E-state index contributed by atoms with van der Waals surface area (Å²) in [6.07, 6.45) is 1.70. The number of hydrogen-bond donors (Lipinski definition) is 0. The lowest BCUT2D eigenvalue weighted by molar-refractivity contribution is -0.128. The third-order valence-electron chi connectivity index (χ3n) is 3.87. The van der Waals surface area contributed by atoms with Crippen LogP contribution in [0.15, 0.2) is 23.8 Å².